The molecule has 0 radical (unpaired) electrons. The van der Waals surface area contributed by atoms with E-state index in [1.54, 1.807) is 12.1 Å². The van der Waals surface area contributed by atoms with E-state index >= 15 is 13.2 Å². The fourth-order valence-electron chi connectivity index (χ4n) is 5.28. The van der Waals surface area contributed by atoms with Crippen LogP contribution in [0.5, 0.6) is 0 Å². The summed E-state index contributed by atoms with van der Waals surface area (Å²) in [6.07, 6.45) is 5.73. The summed E-state index contributed by atoms with van der Waals surface area (Å²) in [5.41, 5.74) is 0.356. The molecule has 0 unspecified atom stereocenters. The minimum absolute atomic E-state index is 0.0525. The first-order chi connectivity index (χ1) is 20.2. The summed E-state index contributed by atoms with van der Waals surface area (Å²) in [4.78, 5) is 5.89. The highest BCUT2D eigenvalue weighted by atomic mass is 35.5. The molecule has 2 fully saturated rings. The molecule has 2 aromatic carbocycles. The molecule has 2 N–H and O–H groups in total. The molecule has 2 aliphatic rings. The number of rotatable bonds is 7. The van der Waals surface area contributed by atoms with E-state index in [1.165, 1.54) is 47.2 Å². The molecule has 0 spiro atoms. The Hall–Kier alpha value is -3.65. The van der Waals surface area contributed by atoms with Gasteiger partial charge in [-0.15, -0.1) is 0 Å². The minimum atomic E-state index is -4.03. The Morgan fingerprint density at radius 2 is 1.57 bits per heavy atom. The molecule has 2 aliphatic heterocycles. The van der Waals surface area contributed by atoms with E-state index in [4.69, 9.17) is 11.6 Å². The van der Waals surface area contributed by atoms with E-state index in [2.05, 4.69) is 20.1 Å². The number of halogens is 4. The largest absolute Gasteiger partial charge is 0.369 e. The number of nitrogens with zero attached hydrogens (tertiary/aromatic N) is 5. The third-order valence-electron chi connectivity index (χ3n) is 7.35. The second kappa shape index (κ2) is 11.6. The normalized spacial score (nSPS) is 16.2. The number of benzene rings is 2. The molecule has 0 amide bonds. The maximum atomic E-state index is 16.1. The molecule has 2 aromatic heterocycles. The van der Waals surface area contributed by atoms with Crippen molar-refractivity contribution in [2.24, 2.45) is 0 Å². The van der Waals surface area contributed by atoms with Crippen LogP contribution in [0.2, 0.25) is 5.02 Å². The fourth-order valence-corrected chi connectivity index (χ4v) is 6.79. The van der Waals surface area contributed by atoms with Crippen LogP contribution < -0.4 is 14.9 Å². The van der Waals surface area contributed by atoms with Gasteiger partial charge in [0.1, 0.15) is 11.4 Å². The lowest BCUT2D eigenvalue weighted by Crippen LogP contribution is -2.43. The fraction of sp³-hybridized carbons (Fsp3) is 0.286. The van der Waals surface area contributed by atoms with Gasteiger partial charge in [-0.05, 0) is 49.2 Å². The van der Waals surface area contributed by atoms with Crippen molar-refractivity contribution in [1.82, 2.24) is 24.4 Å². The molecular weight excluding hydrogens is 591 g/mol. The number of hydrogen-bond acceptors (Lipinski definition) is 6. The van der Waals surface area contributed by atoms with Crippen LogP contribution in [-0.2, 0) is 10.2 Å². The summed E-state index contributed by atoms with van der Waals surface area (Å²) >= 11 is 6.34. The quantitative estimate of drug-likeness (QED) is 0.308. The van der Waals surface area contributed by atoms with Crippen LogP contribution in [0.1, 0.15) is 12.8 Å². The van der Waals surface area contributed by atoms with Crippen molar-refractivity contribution in [3.63, 3.8) is 0 Å². The maximum absolute atomic E-state index is 16.1. The molecule has 0 bridgehead atoms. The van der Waals surface area contributed by atoms with Crippen LogP contribution in [0.3, 0.4) is 0 Å². The van der Waals surface area contributed by atoms with Gasteiger partial charge in [0.25, 0.3) is 0 Å². The van der Waals surface area contributed by atoms with Gasteiger partial charge in [0, 0.05) is 85.3 Å². The minimum Gasteiger partial charge on any atom is -0.369 e. The van der Waals surface area contributed by atoms with E-state index in [0.29, 0.717) is 63.4 Å². The third kappa shape index (κ3) is 5.56. The number of pyridine rings is 1. The van der Waals surface area contributed by atoms with Crippen LogP contribution >= 0.6 is 11.6 Å². The molecule has 0 atom stereocenters. The van der Waals surface area contributed by atoms with Gasteiger partial charge in [0.05, 0.1) is 5.69 Å². The monoisotopic (exact) mass is 617 g/mol. The smallest absolute Gasteiger partial charge is 0.301 e. The number of anilines is 2. The lowest BCUT2D eigenvalue weighted by Gasteiger charge is -2.29. The molecule has 42 heavy (non-hydrogen) atoms. The Labute approximate surface area is 246 Å². The van der Waals surface area contributed by atoms with E-state index in [0.717, 1.165) is 4.68 Å². The highest BCUT2D eigenvalue weighted by molar-refractivity contribution is 7.90. The van der Waals surface area contributed by atoms with Crippen LogP contribution in [0.25, 0.3) is 28.1 Å². The predicted octanol–water partition coefficient (Wildman–Crippen LogP) is 4.83. The molecule has 6 rings (SSSR count). The van der Waals surface area contributed by atoms with Gasteiger partial charge < -0.3 is 10.2 Å². The molecule has 9 nitrogen and oxygen atoms in total. The first-order valence-electron chi connectivity index (χ1n) is 13.4. The van der Waals surface area contributed by atoms with Crippen LogP contribution in [0, 0.1) is 17.5 Å². The second-order valence-corrected chi connectivity index (χ2v) is 12.2. The van der Waals surface area contributed by atoms with Gasteiger partial charge in [-0.25, -0.2) is 17.9 Å². The molecule has 14 heteroatoms. The summed E-state index contributed by atoms with van der Waals surface area (Å²) in [6, 6.07) is 8.24. The van der Waals surface area contributed by atoms with Crippen molar-refractivity contribution in [2.75, 3.05) is 48.9 Å². The van der Waals surface area contributed by atoms with Crippen molar-refractivity contribution in [1.29, 1.82) is 0 Å². The Morgan fingerprint density at radius 3 is 2.24 bits per heavy atom. The highest BCUT2D eigenvalue weighted by Crippen LogP contribution is 2.39. The lowest BCUT2D eigenvalue weighted by molar-refractivity contribution is 0.482. The van der Waals surface area contributed by atoms with Crippen molar-refractivity contribution in [3.05, 3.63) is 77.5 Å². The Kier molecular flexibility index (Phi) is 7.83. The highest BCUT2D eigenvalue weighted by Gasteiger charge is 2.28. The third-order valence-corrected chi connectivity index (χ3v) is 9.09. The molecule has 4 aromatic rings. The van der Waals surface area contributed by atoms with Gasteiger partial charge in [0.2, 0.25) is 0 Å². The molecule has 2 saturated heterocycles. The molecule has 0 aliphatic carbocycles. The molecular formula is C28H27ClF3N7O2S. The summed E-state index contributed by atoms with van der Waals surface area (Å²) in [6.45, 7) is 3.26. The number of hydrogen-bond donors (Lipinski definition) is 2. The predicted molar refractivity (Wildman–Crippen MR) is 156 cm³/mol. The SMILES string of the molecule is O=S(=O)(Nc1cc(Cl)cc(-c2cn(-c3c(F)cc(N4CCNCC4)cc3F)nc2-c2ccncc2)c1F)N1CCCC1. The van der Waals surface area contributed by atoms with Crippen LogP contribution in [0.15, 0.2) is 55.0 Å². The Bertz CT molecular complexity index is 1700. The summed E-state index contributed by atoms with van der Waals surface area (Å²) in [5, 5.41) is 7.71. The van der Waals surface area contributed by atoms with Gasteiger partial charge in [-0.3, -0.25) is 9.71 Å². The zero-order valence-electron chi connectivity index (χ0n) is 22.3. The van der Waals surface area contributed by atoms with Crippen LogP contribution in [-0.4, -0.2) is 66.8 Å². The standard InChI is InChI=1S/C28H27ClF3N7O2S/c29-19-13-21(26(32)25(14-19)36-42(40,41)38-9-1-2-10-38)22-17-39(35-27(22)18-3-5-33-6-4-18)28-23(30)15-20(16-24(28)31)37-11-7-34-8-12-37/h3-6,13-17,34,36H,1-2,7-12H2. The van der Waals surface area contributed by atoms with Gasteiger partial charge in [-0.2, -0.15) is 17.8 Å². The van der Waals surface area contributed by atoms with Crippen molar-refractivity contribution in [3.8, 4) is 28.1 Å². The molecule has 0 saturated carbocycles. The summed E-state index contributed by atoms with van der Waals surface area (Å²) in [7, 11) is -4.03. The summed E-state index contributed by atoms with van der Waals surface area (Å²) < 4.78 is 77.4. The van der Waals surface area contributed by atoms with E-state index in [1.807, 2.05) is 4.90 Å². The first kappa shape index (κ1) is 28.5. The van der Waals surface area contributed by atoms with E-state index in [-0.39, 0.29) is 27.5 Å². The maximum Gasteiger partial charge on any atom is 0.301 e. The lowest BCUT2D eigenvalue weighted by atomic mass is 10.0. The molecule has 4 heterocycles. The Balaban J connectivity index is 1.46. The van der Waals surface area contributed by atoms with E-state index < -0.39 is 33.3 Å². The van der Waals surface area contributed by atoms with Crippen LogP contribution in [0.4, 0.5) is 24.5 Å². The second-order valence-electron chi connectivity index (χ2n) is 10.1. The van der Waals surface area contributed by atoms with Crippen molar-refractivity contribution < 1.29 is 21.6 Å². The zero-order valence-corrected chi connectivity index (χ0v) is 23.9. The van der Waals surface area contributed by atoms with Crippen molar-refractivity contribution >= 4 is 33.2 Å². The number of piperazine rings is 1. The zero-order chi connectivity index (χ0) is 29.4. The average Bonchev–Trinajstić information content (AvgIpc) is 3.67. The Morgan fingerprint density at radius 1 is 0.905 bits per heavy atom. The van der Waals surface area contributed by atoms with Gasteiger partial charge >= 0.3 is 10.2 Å². The van der Waals surface area contributed by atoms with Gasteiger partial charge in [-0.1, -0.05) is 11.6 Å². The van der Waals surface area contributed by atoms with Gasteiger partial charge in [0.15, 0.2) is 17.5 Å². The summed E-state index contributed by atoms with van der Waals surface area (Å²) in [5.74, 6) is -2.60. The first-order valence-corrected chi connectivity index (χ1v) is 15.3. The number of nitrogens with one attached hydrogen (secondary N) is 2. The average molecular weight is 618 g/mol. The van der Waals surface area contributed by atoms with E-state index in [9.17, 15) is 8.42 Å². The molecule has 220 valence electrons. The topological polar surface area (TPSA) is 95.4 Å². The number of aromatic nitrogens is 3. The van der Waals surface area contributed by atoms with Crippen molar-refractivity contribution in [2.45, 2.75) is 12.8 Å².